The van der Waals surface area contributed by atoms with Crippen molar-refractivity contribution in [3.05, 3.63) is 0 Å². The highest BCUT2D eigenvalue weighted by molar-refractivity contribution is 5.84. The van der Waals surface area contributed by atoms with Gasteiger partial charge in [0.2, 0.25) is 0 Å². The van der Waals surface area contributed by atoms with Crippen molar-refractivity contribution in [2.24, 2.45) is 17.3 Å². The number of carbonyl (C=O) groups is 2. The fourth-order valence-corrected chi connectivity index (χ4v) is 3.31. The highest BCUT2D eigenvalue weighted by Gasteiger charge is 2.47. The molecule has 5 nitrogen and oxygen atoms in total. The predicted octanol–water partition coefficient (Wildman–Crippen LogP) is 4.72. The molecule has 0 aliphatic carbocycles. The van der Waals surface area contributed by atoms with Gasteiger partial charge in [-0.1, -0.05) is 79.1 Å². The molecule has 0 radical (unpaired) electrons. The number of aliphatic hydroxyl groups is 1. The maximum atomic E-state index is 11.9. The quantitative estimate of drug-likeness (QED) is 0.368. The summed E-state index contributed by atoms with van der Waals surface area (Å²) in [5.74, 6) is -1.41. The summed E-state index contributed by atoms with van der Waals surface area (Å²) in [5.41, 5.74) is -1.57. The first kappa shape index (κ1) is 23.9. The normalized spacial score (nSPS) is 13.4. The first-order valence-corrected chi connectivity index (χ1v) is 9.77. The third-order valence-electron chi connectivity index (χ3n) is 4.99. The van der Waals surface area contributed by atoms with Crippen LogP contribution in [0.2, 0.25) is 0 Å². The molecule has 25 heavy (non-hydrogen) atoms. The van der Waals surface area contributed by atoms with Crippen molar-refractivity contribution in [1.82, 2.24) is 0 Å². The standard InChI is InChI=1S/C20H38O5/c1-15(2)11-7-5-9-13-20(19(24)25,17(21)18(22)23)14-10-6-8-12-16(3)4/h15-17,21H,5-14H2,1-4H3,(H,22,23)(H,24,25). The van der Waals surface area contributed by atoms with Crippen LogP contribution in [0.3, 0.4) is 0 Å². The van der Waals surface area contributed by atoms with E-state index in [0.29, 0.717) is 24.7 Å². The van der Waals surface area contributed by atoms with Crippen LogP contribution in [-0.4, -0.2) is 33.4 Å². The van der Waals surface area contributed by atoms with E-state index < -0.39 is 23.5 Å². The van der Waals surface area contributed by atoms with Crippen molar-refractivity contribution >= 4 is 11.9 Å². The van der Waals surface area contributed by atoms with E-state index in [-0.39, 0.29) is 12.8 Å². The van der Waals surface area contributed by atoms with Crippen LogP contribution < -0.4 is 0 Å². The number of hydrogen-bond acceptors (Lipinski definition) is 3. The van der Waals surface area contributed by atoms with Gasteiger partial charge in [0, 0.05) is 0 Å². The lowest BCUT2D eigenvalue weighted by Crippen LogP contribution is -2.47. The average molecular weight is 359 g/mol. The van der Waals surface area contributed by atoms with Gasteiger partial charge in [0.25, 0.3) is 0 Å². The summed E-state index contributed by atoms with van der Waals surface area (Å²) in [6, 6.07) is 0. The summed E-state index contributed by atoms with van der Waals surface area (Å²) >= 11 is 0. The second kappa shape index (κ2) is 12.3. The molecule has 3 N–H and O–H groups in total. The first-order valence-electron chi connectivity index (χ1n) is 9.77. The van der Waals surface area contributed by atoms with Gasteiger partial charge >= 0.3 is 11.9 Å². The zero-order chi connectivity index (χ0) is 19.5. The molecule has 0 spiro atoms. The second-order valence-corrected chi connectivity index (χ2v) is 8.19. The zero-order valence-electron chi connectivity index (χ0n) is 16.5. The van der Waals surface area contributed by atoms with Crippen LogP contribution >= 0.6 is 0 Å². The van der Waals surface area contributed by atoms with E-state index in [1.807, 2.05) is 0 Å². The van der Waals surface area contributed by atoms with Gasteiger partial charge in [-0.3, -0.25) is 4.79 Å². The highest BCUT2D eigenvalue weighted by atomic mass is 16.4. The summed E-state index contributed by atoms with van der Waals surface area (Å²) in [4.78, 5) is 23.2. The molecule has 1 unspecified atom stereocenters. The fraction of sp³-hybridized carbons (Fsp3) is 0.900. The molecular formula is C20H38O5. The van der Waals surface area contributed by atoms with E-state index in [2.05, 4.69) is 27.7 Å². The van der Waals surface area contributed by atoms with Crippen LogP contribution in [0.15, 0.2) is 0 Å². The SMILES string of the molecule is CC(C)CCCCCC(CCCCCC(C)C)(C(=O)O)C(O)C(=O)O. The van der Waals surface area contributed by atoms with Gasteiger partial charge in [-0.05, 0) is 24.7 Å². The average Bonchev–Trinajstić information content (AvgIpc) is 2.50. The predicted molar refractivity (Wildman–Crippen MR) is 99.6 cm³/mol. The van der Waals surface area contributed by atoms with E-state index in [1.165, 1.54) is 0 Å². The number of aliphatic carboxylic acids is 2. The van der Waals surface area contributed by atoms with Crippen LogP contribution in [0.4, 0.5) is 0 Å². The van der Waals surface area contributed by atoms with E-state index in [4.69, 9.17) is 0 Å². The van der Waals surface area contributed by atoms with Crippen molar-refractivity contribution in [3.8, 4) is 0 Å². The maximum Gasteiger partial charge on any atom is 0.333 e. The fourth-order valence-electron chi connectivity index (χ4n) is 3.31. The molecule has 0 bridgehead atoms. The van der Waals surface area contributed by atoms with Gasteiger partial charge in [-0.2, -0.15) is 0 Å². The molecule has 0 aliphatic heterocycles. The summed E-state index contributed by atoms with van der Waals surface area (Å²) < 4.78 is 0. The number of carboxylic acids is 2. The summed E-state index contributed by atoms with van der Waals surface area (Å²) in [7, 11) is 0. The maximum absolute atomic E-state index is 11.9. The topological polar surface area (TPSA) is 94.8 Å². The van der Waals surface area contributed by atoms with Crippen molar-refractivity contribution in [2.75, 3.05) is 0 Å². The number of carboxylic acid groups (broad SMARTS) is 2. The van der Waals surface area contributed by atoms with Crippen LogP contribution in [0, 0.1) is 17.3 Å². The lowest BCUT2D eigenvalue weighted by atomic mass is 9.73. The lowest BCUT2D eigenvalue weighted by molar-refractivity contribution is -0.171. The largest absolute Gasteiger partial charge is 0.481 e. The smallest absolute Gasteiger partial charge is 0.333 e. The monoisotopic (exact) mass is 358 g/mol. The Kier molecular flexibility index (Phi) is 11.7. The Bertz CT molecular complexity index is 372. The van der Waals surface area contributed by atoms with Gasteiger partial charge < -0.3 is 15.3 Å². The second-order valence-electron chi connectivity index (χ2n) is 8.19. The van der Waals surface area contributed by atoms with Gasteiger partial charge in [-0.25, -0.2) is 4.79 Å². The third-order valence-corrected chi connectivity index (χ3v) is 4.99. The molecular weight excluding hydrogens is 320 g/mol. The van der Waals surface area contributed by atoms with Crippen LogP contribution in [0.25, 0.3) is 0 Å². The van der Waals surface area contributed by atoms with Gasteiger partial charge in [0.15, 0.2) is 6.10 Å². The zero-order valence-corrected chi connectivity index (χ0v) is 16.5. The molecule has 0 heterocycles. The Morgan fingerprint density at radius 3 is 1.44 bits per heavy atom. The van der Waals surface area contributed by atoms with E-state index in [1.54, 1.807) is 0 Å². The van der Waals surface area contributed by atoms with E-state index >= 15 is 0 Å². The minimum atomic E-state index is -1.85. The van der Waals surface area contributed by atoms with Crippen molar-refractivity contribution in [3.63, 3.8) is 0 Å². The van der Waals surface area contributed by atoms with Crippen molar-refractivity contribution in [1.29, 1.82) is 0 Å². The Morgan fingerprint density at radius 2 is 1.16 bits per heavy atom. The van der Waals surface area contributed by atoms with Crippen molar-refractivity contribution in [2.45, 2.75) is 98.0 Å². The highest BCUT2D eigenvalue weighted by Crippen LogP contribution is 2.36. The molecule has 0 rings (SSSR count). The molecule has 0 aromatic rings. The lowest BCUT2D eigenvalue weighted by Gasteiger charge is -2.32. The first-order chi connectivity index (χ1) is 11.6. The number of hydrogen-bond donors (Lipinski definition) is 3. The minimum Gasteiger partial charge on any atom is -0.481 e. The molecule has 0 saturated carbocycles. The number of rotatable bonds is 15. The molecule has 0 aliphatic rings. The van der Waals surface area contributed by atoms with Crippen molar-refractivity contribution < 1.29 is 24.9 Å². The Hall–Kier alpha value is -1.10. The van der Waals surface area contributed by atoms with Gasteiger partial charge in [-0.15, -0.1) is 0 Å². The van der Waals surface area contributed by atoms with Crippen LogP contribution in [0.5, 0.6) is 0 Å². The molecule has 0 aromatic heterocycles. The Balaban J connectivity index is 4.77. The van der Waals surface area contributed by atoms with E-state index in [9.17, 15) is 24.9 Å². The van der Waals surface area contributed by atoms with E-state index in [0.717, 1.165) is 38.5 Å². The summed E-state index contributed by atoms with van der Waals surface area (Å²) in [6.45, 7) is 8.58. The van der Waals surface area contributed by atoms with Crippen LogP contribution in [0.1, 0.15) is 91.9 Å². The Labute approximate surface area is 152 Å². The molecule has 0 saturated heterocycles. The molecule has 0 fully saturated rings. The summed E-state index contributed by atoms with van der Waals surface area (Å²) in [6.07, 6.45) is 5.77. The van der Waals surface area contributed by atoms with Crippen LogP contribution in [-0.2, 0) is 9.59 Å². The molecule has 1 atom stereocenters. The molecule has 148 valence electrons. The Morgan fingerprint density at radius 1 is 0.760 bits per heavy atom. The van der Waals surface area contributed by atoms with Gasteiger partial charge in [0.05, 0.1) is 0 Å². The molecule has 0 aromatic carbocycles. The van der Waals surface area contributed by atoms with Gasteiger partial charge in [0.1, 0.15) is 5.41 Å². The number of aliphatic hydroxyl groups excluding tert-OH is 1. The molecule has 0 amide bonds. The minimum absolute atomic E-state index is 0.220. The summed E-state index contributed by atoms with van der Waals surface area (Å²) in [5, 5.41) is 29.0. The number of unbranched alkanes of at least 4 members (excludes halogenated alkanes) is 4. The third kappa shape index (κ3) is 9.24. The molecule has 5 heteroatoms.